The highest BCUT2D eigenvalue weighted by molar-refractivity contribution is 5.99. The van der Waals surface area contributed by atoms with Crippen LogP contribution in [0.1, 0.15) is 60.3 Å². The van der Waals surface area contributed by atoms with Gasteiger partial charge in [0.2, 0.25) is 11.8 Å². The molecule has 2 saturated carbocycles. The van der Waals surface area contributed by atoms with Gasteiger partial charge in [-0.25, -0.2) is 13.2 Å². The molecule has 0 spiro atoms. The quantitative estimate of drug-likeness (QED) is 0.671. The molecule has 33 heavy (non-hydrogen) atoms. The molecule has 2 aliphatic carbocycles. The molecule has 176 valence electrons. The van der Waals surface area contributed by atoms with Crippen LogP contribution >= 0.6 is 0 Å². The molecule has 1 aliphatic heterocycles. The molecule has 0 bridgehead atoms. The molecular formula is C21H19F5N4O3. The molecule has 0 radical (unpaired) electrons. The van der Waals surface area contributed by atoms with Crippen LogP contribution in [0.5, 0.6) is 0 Å². The summed E-state index contributed by atoms with van der Waals surface area (Å²) in [5.74, 6) is -7.56. The van der Waals surface area contributed by atoms with Gasteiger partial charge in [-0.1, -0.05) is 12.8 Å². The Labute approximate surface area is 184 Å². The number of rotatable bonds is 5. The first-order valence-corrected chi connectivity index (χ1v) is 10.6. The number of nitrogens with zero attached hydrogens (tertiary/aromatic N) is 3. The number of aromatic nitrogens is 2. The first-order valence-electron chi connectivity index (χ1n) is 10.6. The lowest BCUT2D eigenvalue weighted by Gasteiger charge is -2.38. The summed E-state index contributed by atoms with van der Waals surface area (Å²) in [5.41, 5.74) is 0.151. The molecule has 1 aromatic carbocycles. The van der Waals surface area contributed by atoms with Gasteiger partial charge >= 0.3 is 6.43 Å². The van der Waals surface area contributed by atoms with E-state index in [2.05, 4.69) is 15.5 Å². The van der Waals surface area contributed by atoms with Gasteiger partial charge in [0.25, 0.3) is 17.7 Å². The second-order valence-electron chi connectivity index (χ2n) is 8.65. The summed E-state index contributed by atoms with van der Waals surface area (Å²) in [6.07, 6.45) is -0.900. The number of carbonyl (C=O) groups excluding carboxylic acids is 2. The molecule has 1 aromatic heterocycles. The van der Waals surface area contributed by atoms with Gasteiger partial charge in [0.1, 0.15) is 11.7 Å². The van der Waals surface area contributed by atoms with Crippen LogP contribution < -0.4 is 5.32 Å². The van der Waals surface area contributed by atoms with Crippen molar-refractivity contribution in [2.24, 2.45) is 5.92 Å². The molecule has 5 rings (SSSR count). The zero-order valence-corrected chi connectivity index (χ0v) is 17.2. The first kappa shape index (κ1) is 21.8. The monoisotopic (exact) mass is 470 g/mol. The van der Waals surface area contributed by atoms with Crippen LogP contribution in [0.2, 0.25) is 0 Å². The van der Waals surface area contributed by atoms with Gasteiger partial charge in [-0.2, -0.15) is 8.78 Å². The number of benzene rings is 1. The lowest BCUT2D eigenvalue weighted by atomic mass is 9.89. The average Bonchev–Trinajstić information content (AvgIpc) is 3.10. The molecule has 2 amide bonds. The molecule has 1 N–H and O–H groups in total. The van der Waals surface area contributed by atoms with Gasteiger partial charge in [0.05, 0.1) is 12.6 Å². The Kier molecular flexibility index (Phi) is 5.13. The van der Waals surface area contributed by atoms with Gasteiger partial charge in [0, 0.05) is 29.2 Å². The maximum absolute atomic E-state index is 14.9. The first-order chi connectivity index (χ1) is 15.7. The third kappa shape index (κ3) is 3.84. The standard InChI is InChI=1S/C21H19F5N4O3/c22-13-6-9(18-28-29-19(33-18)16(23)24)5-10-11(13)8-30(20(10)32)15-4-2-1-3-14(15)27-17(31)12-7-21(12,25)26/h5-6,12,14-16H,1-4,7-8H2,(H,27,31)/t12-,14+,15+/m0/s1. The van der Waals surface area contributed by atoms with Gasteiger partial charge < -0.3 is 14.6 Å². The predicted octanol–water partition coefficient (Wildman–Crippen LogP) is 3.85. The highest BCUT2D eigenvalue weighted by atomic mass is 19.3. The van der Waals surface area contributed by atoms with E-state index in [1.54, 1.807) is 0 Å². The van der Waals surface area contributed by atoms with Crippen LogP contribution in [-0.2, 0) is 11.3 Å². The van der Waals surface area contributed by atoms with E-state index in [0.717, 1.165) is 18.9 Å². The molecular weight excluding hydrogens is 451 g/mol. The number of amides is 2. The van der Waals surface area contributed by atoms with Gasteiger partial charge in [-0.3, -0.25) is 9.59 Å². The van der Waals surface area contributed by atoms with Gasteiger partial charge in [-0.15, -0.1) is 10.2 Å². The second-order valence-corrected chi connectivity index (χ2v) is 8.65. The van der Waals surface area contributed by atoms with Gasteiger partial charge in [-0.05, 0) is 25.0 Å². The highest BCUT2D eigenvalue weighted by Crippen LogP contribution is 2.49. The molecule has 2 aromatic rings. The van der Waals surface area contributed by atoms with E-state index in [1.807, 2.05) is 0 Å². The van der Waals surface area contributed by atoms with Crippen molar-refractivity contribution in [1.82, 2.24) is 20.4 Å². The van der Waals surface area contributed by atoms with Crippen molar-refractivity contribution in [1.29, 1.82) is 0 Å². The number of halogens is 5. The maximum Gasteiger partial charge on any atom is 0.314 e. The van der Waals surface area contributed by atoms with Crippen LogP contribution in [0.4, 0.5) is 22.0 Å². The fourth-order valence-corrected chi connectivity index (χ4v) is 4.65. The molecule has 2 fully saturated rings. The van der Waals surface area contributed by atoms with Crippen LogP contribution in [0, 0.1) is 11.7 Å². The van der Waals surface area contributed by atoms with Crippen LogP contribution in [-0.4, -0.2) is 44.9 Å². The van der Waals surface area contributed by atoms with E-state index in [1.165, 1.54) is 11.0 Å². The number of hydrogen-bond donors (Lipinski definition) is 1. The Balaban J connectivity index is 1.38. The fraction of sp³-hybridized carbons (Fsp3) is 0.524. The molecule has 12 heteroatoms. The van der Waals surface area contributed by atoms with Crippen molar-refractivity contribution < 1.29 is 36.0 Å². The van der Waals surface area contributed by atoms with Crippen molar-refractivity contribution in [3.63, 3.8) is 0 Å². The number of fused-ring (bicyclic) bond motifs is 1. The van der Waals surface area contributed by atoms with Crippen LogP contribution in [0.15, 0.2) is 16.5 Å². The fourth-order valence-electron chi connectivity index (χ4n) is 4.65. The molecule has 3 aliphatic rings. The molecule has 3 atom stereocenters. The summed E-state index contributed by atoms with van der Waals surface area (Å²) in [4.78, 5) is 26.8. The minimum absolute atomic E-state index is 0.00897. The van der Waals surface area contributed by atoms with Crippen molar-refractivity contribution in [3.8, 4) is 11.5 Å². The summed E-state index contributed by atoms with van der Waals surface area (Å²) in [5, 5.41) is 9.37. The Bertz CT molecular complexity index is 1120. The Hall–Kier alpha value is -3.05. The third-order valence-electron chi connectivity index (χ3n) is 6.49. The van der Waals surface area contributed by atoms with Crippen molar-refractivity contribution >= 4 is 11.8 Å². The number of carbonyl (C=O) groups is 2. The van der Waals surface area contributed by atoms with E-state index >= 15 is 0 Å². The zero-order valence-electron chi connectivity index (χ0n) is 17.2. The molecule has 0 saturated heterocycles. The minimum atomic E-state index is -2.99. The Morgan fingerprint density at radius 1 is 1.21 bits per heavy atom. The normalized spacial score (nSPS) is 25.9. The van der Waals surface area contributed by atoms with E-state index in [-0.39, 0.29) is 29.1 Å². The Morgan fingerprint density at radius 3 is 2.61 bits per heavy atom. The van der Waals surface area contributed by atoms with E-state index in [9.17, 15) is 31.5 Å². The highest BCUT2D eigenvalue weighted by Gasteiger charge is 2.61. The lowest BCUT2D eigenvalue weighted by molar-refractivity contribution is -0.125. The average molecular weight is 470 g/mol. The summed E-state index contributed by atoms with van der Waals surface area (Å²) >= 11 is 0. The zero-order chi connectivity index (χ0) is 23.5. The smallest absolute Gasteiger partial charge is 0.314 e. The summed E-state index contributed by atoms with van der Waals surface area (Å²) in [6.45, 7) is -0.0526. The van der Waals surface area contributed by atoms with E-state index < -0.39 is 60.3 Å². The van der Waals surface area contributed by atoms with Crippen LogP contribution in [0.25, 0.3) is 11.5 Å². The molecule has 2 heterocycles. The summed E-state index contributed by atoms with van der Waals surface area (Å²) in [7, 11) is 0. The summed E-state index contributed by atoms with van der Waals surface area (Å²) < 4.78 is 71.7. The topological polar surface area (TPSA) is 88.3 Å². The van der Waals surface area contributed by atoms with Crippen LogP contribution in [0.3, 0.4) is 0 Å². The molecule has 0 unspecified atom stereocenters. The van der Waals surface area contributed by atoms with E-state index in [0.29, 0.717) is 12.8 Å². The SMILES string of the molecule is O=C(N[C@@H]1CCCC[C@H]1N1Cc2c(F)cc(-c3nnc(C(F)F)o3)cc2C1=O)[C@@H]1CC1(F)F. The summed E-state index contributed by atoms with van der Waals surface area (Å²) in [6, 6.07) is 1.35. The number of nitrogens with one attached hydrogen (secondary N) is 1. The van der Waals surface area contributed by atoms with E-state index in [4.69, 9.17) is 4.42 Å². The number of alkyl halides is 4. The maximum atomic E-state index is 14.9. The minimum Gasteiger partial charge on any atom is -0.415 e. The van der Waals surface area contributed by atoms with Crippen molar-refractivity contribution in [2.45, 2.75) is 63.1 Å². The predicted molar refractivity (Wildman–Crippen MR) is 102 cm³/mol. The Morgan fingerprint density at radius 2 is 1.94 bits per heavy atom. The van der Waals surface area contributed by atoms with Crippen molar-refractivity contribution in [2.75, 3.05) is 0 Å². The largest absolute Gasteiger partial charge is 0.415 e. The lowest BCUT2D eigenvalue weighted by Crippen LogP contribution is -2.53. The number of hydrogen-bond acceptors (Lipinski definition) is 5. The van der Waals surface area contributed by atoms with Gasteiger partial charge in [0.15, 0.2) is 0 Å². The molecule has 7 nitrogen and oxygen atoms in total. The van der Waals surface area contributed by atoms with Crippen molar-refractivity contribution in [3.05, 3.63) is 35.0 Å². The second kappa shape index (κ2) is 7.77. The third-order valence-corrected chi connectivity index (χ3v) is 6.49.